The van der Waals surface area contributed by atoms with E-state index in [1.54, 1.807) is 12.0 Å². The van der Waals surface area contributed by atoms with Gasteiger partial charge in [0.25, 0.3) is 0 Å². The van der Waals surface area contributed by atoms with Gasteiger partial charge in [-0.25, -0.2) is 9.97 Å². The average molecular weight is 620 g/mol. The molecule has 1 aromatic heterocycles. The van der Waals surface area contributed by atoms with Crippen LogP contribution in [0.15, 0.2) is 18.2 Å². The second-order valence-electron chi connectivity index (χ2n) is 15.6. The zero-order valence-electron chi connectivity index (χ0n) is 27.9. The lowest BCUT2D eigenvalue weighted by atomic mass is 9.77. The lowest BCUT2D eigenvalue weighted by Crippen LogP contribution is -2.50. The lowest BCUT2D eigenvalue weighted by molar-refractivity contribution is -0.158. The number of ether oxygens (including phenoxy) is 3. The third-order valence-corrected chi connectivity index (χ3v) is 11.0. The molecule has 2 bridgehead atoms. The van der Waals surface area contributed by atoms with E-state index in [4.69, 9.17) is 24.2 Å². The molecule has 0 spiro atoms. The van der Waals surface area contributed by atoms with Gasteiger partial charge in [0.2, 0.25) is 11.8 Å². The van der Waals surface area contributed by atoms with Gasteiger partial charge in [-0.3, -0.25) is 14.4 Å². The van der Waals surface area contributed by atoms with Crippen LogP contribution in [0, 0.1) is 34.5 Å². The van der Waals surface area contributed by atoms with Crippen LogP contribution in [0.1, 0.15) is 92.2 Å². The molecular weight excluding hydrogens is 570 g/mol. The normalized spacial score (nSPS) is 32.0. The predicted octanol–water partition coefficient (Wildman–Crippen LogP) is 5.95. The first-order valence-corrected chi connectivity index (χ1v) is 16.8. The monoisotopic (exact) mass is 619 g/mol. The average Bonchev–Trinajstić information content (AvgIpc) is 3.56. The third-order valence-electron chi connectivity index (χ3n) is 11.0. The second kappa shape index (κ2) is 11.8. The number of ketones is 1. The summed E-state index contributed by atoms with van der Waals surface area (Å²) in [6.07, 6.45) is 6.35. The summed E-state index contributed by atoms with van der Waals surface area (Å²) in [4.78, 5) is 52.7. The summed E-state index contributed by atoms with van der Waals surface area (Å²) in [5.41, 5.74) is 0.992. The van der Waals surface area contributed by atoms with Crippen LogP contribution < -0.4 is 9.47 Å². The van der Waals surface area contributed by atoms with Crippen LogP contribution in [0.2, 0.25) is 0 Å². The second-order valence-corrected chi connectivity index (χ2v) is 15.6. The number of amides is 1. The molecule has 244 valence electrons. The van der Waals surface area contributed by atoms with Crippen molar-refractivity contribution in [1.29, 1.82) is 0 Å². The Morgan fingerprint density at radius 2 is 1.80 bits per heavy atom. The van der Waals surface area contributed by atoms with E-state index in [0.29, 0.717) is 41.3 Å². The van der Waals surface area contributed by atoms with Gasteiger partial charge in [0.15, 0.2) is 5.78 Å². The molecule has 1 aromatic carbocycles. The van der Waals surface area contributed by atoms with E-state index in [2.05, 4.69) is 0 Å². The van der Waals surface area contributed by atoms with Crippen molar-refractivity contribution in [1.82, 2.24) is 14.9 Å². The highest BCUT2D eigenvalue weighted by atomic mass is 16.5. The summed E-state index contributed by atoms with van der Waals surface area (Å²) in [7, 11) is 1.62. The van der Waals surface area contributed by atoms with Crippen molar-refractivity contribution in [2.45, 2.75) is 111 Å². The zero-order valence-corrected chi connectivity index (χ0v) is 27.9. The number of aryl methyl sites for hydroxylation is 1. The number of carbonyl (C=O) groups excluding carboxylic acids is 3. The maximum atomic E-state index is 14.4. The summed E-state index contributed by atoms with van der Waals surface area (Å²) >= 11 is 0. The van der Waals surface area contributed by atoms with Gasteiger partial charge in [-0.1, -0.05) is 47.5 Å². The molecule has 7 atom stereocenters. The van der Waals surface area contributed by atoms with Gasteiger partial charge >= 0.3 is 5.97 Å². The molecule has 0 radical (unpaired) electrons. The van der Waals surface area contributed by atoms with Crippen LogP contribution in [0.25, 0.3) is 11.0 Å². The van der Waals surface area contributed by atoms with Crippen LogP contribution in [-0.4, -0.2) is 64.4 Å². The van der Waals surface area contributed by atoms with Gasteiger partial charge in [-0.2, -0.15) is 0 Å². The molecular formula is C36H49N3O6. The van der Waals surface area contributed by atoms with E-state index in [9.17, 15) is 14.4 Å². The Bertz CT molecular complexity index is 1480. The fourth-order valence-corrected chi connectivity index (χ4v) is 8.37. The van der Waals surface area contributed by atoms with E-state index in [-0.39, 0.29) is 36.7 Å². The first-order chi connectivity index (χ1) is 21.3. The summed E-state index contributed by atoms with van der Waals surface area (Å²) in [6.45, 7) is 11.6. The molecule has 6 rings (SSSR count). The molecule has 2 unspecified atom stereocenters. The van der Waals surface area contributed by atoms with Gasteiger partial charge in [0.05, 0.1) is 43.1 Å². The minimum absolute atomic E-state index is 0.00387. The SMILES string of the molecule is COc1ccc2nc3c(nc2c1)O[C@H]1CN(C(=O)[C@H](C(C)(C)C)CC(=O)O[C@@H]2CC4CC4[C@H]2CCCCC3)[C@H](C(C)=O)C1(C)C. The fraction of sp³-hybridized carbons (Fsp3) is 0.694. The van der Waals surface area contributed by atoms with Crippen molar-refractivity contribution in [3.05, 3.63) is 23.9 Å². The summed E-state index contributed by atoms with van der Waals surface area (Å²) in [5, 5.41) is 0. The quantitative estimate of drug-likeness (QED) is 0.380. The molecule has 2 saturated carbocycles. The van der Waals surface area contributed by atoms with Crippen molar-refractivity contribution in [2.75, 3.05) is 13.7 Å². The molecule has 1 saturated heterocycles. The predicted molar refractivity (Wildman–Crippen MR) is 170 cm³/mol. The maximum Gasteiger partial charge on any atom is 0.306 e. The van der Waals surface area contributed by atoms with Gasteiger partial charge in [0, 0.05) is 11.5 Å². The highest BCUT2D eigenvalue weighted by Crippen LogP contribution is 2.58. The molecule has 2 aliphatic heterocycles. The Hall–Kier alpha value is -3.23. The number of fused-ring (bicyclic) bond motifs is 7. The number of Topliss-reactive ketones (excluding diaryl/α,β-unsaturated/α-hetero) is 1. The standard InChI is InChI=1S/C36H49N3O6/c1-20(40)32-36(5,6)30-19-39(32)34(42)25(35(2,3)4)18-31(41)44-29-16-21-15-24(21)23(29)11-9-8-10-12-27-33(45-30)38-28-17-22(43-7)13-14-26(28)37-27/h13-14,17,21,23-25,29-30,32H,8-12,15-16,18-19H2,1-7H3/t21?,23-,24?,25-,29-,30+,32-/m1/s1. The maximum absolute atomic E-state index is 14.4. The molecule has 9 heteroatoms. The van der Waals surface area contributed by atoms with Crippen molar-refractivity contribution in [2.24, 2.45) is 34.5 Å². The minimum Gasteiger partial charge on any atom is -0.497 e. The van der Waals surface area contributed by atoms with E-state index in [1.807, 2.05) is 52.8 Å². The third kappa shape index (κ3) is 6.16. The Morgan fingerprint density at radius 3 is 2.51 bits per heavy atom. The molecule has 3 heterocycles. The number of carbonyl (C=O) groups is 3. The molecule has 4 aliphatic rings. The van der Waals surface area contributed by atoms with Crippen molar-refractivity contribution in [3.63, 3.8) is 0 Å². The summed E-state index contributed by atoms with van der Waals surface area (Å²) in [6, 6.07) is 4.94. The molecule has 1 amide bonds. The number of aromatic nitrogens is 2. The number of benzene rings is 1. The number of rotatable bonds is 2. The summed E-state index contributed by atoms with van der Waals surface area (Å²) in [5.74, 6) is 1.56. The lowest BCUT2D eigenvalue weighted by Gasteiger charge is -2.36. The topological polar surface area (TPSA) is 108 Å². The Kier molecular flexibility index (Phi) is 8.36. The molecule has 0 N–H and O–H groups in total. The van der Waals surface area contributed by atoms with E-state index in [0.717, 1.165) is 43.3 Å². The largest absolute Gasteiger partial charge is 0.497 e. The first kappa shape index (κ1) is 31.7. The Labute approximate surface area is 266 Å². The molecule has 9 nitrogen and oxygen atoms in total. The van der Waals surface area contributed by atoms with Crippen molar-refractivity contribution in [3.8, 4) is 11.6 Å². The van der Waals surface area contributed by atoms with Gasteiger partial charge in [-0.15, -0.1) is 0 Å². The zero-order chi connectivity index (χ0) is 32.3. The van der Waals surface area contributed by atoms with Crippen LogP contribution in [-0.2, 0) is 25.5 Å². The van der Waals surface area contributed by atoms with Crippen LogP contribution in [0.5, 0.6) is 11.6 Å². The highest BCUT2D eigenvalue weighted by Gasteiger charge is 2.56. The van der Waals surface area contributed by atoms with Gasteiger partial charge < -0.3 is 19.1 Å². The minimum atomic E-state index is -0.715. The smallest absolute Gasteiger partial charge is 0.306 e. The van der Waals surface area contributed by atoms with Crippen LogP contribution in [0.3, 0.4) is 0 Å². The van der Waals surface area contributed by atoms with Gasteiger partial charge in [0.1, 0.15) is 23.7 Å². The van der Waals surface area contributed by atoms with E-state index < -0.39 is 28.9 Å². The molecule has 2 aromatic rings. The van der Waals surface area contributed by atoms with Crippen LogP contribution in [0.4, 0.5) is 0 Å². The number of hydrogen-bond donors (Lipinski definition) is 0. The summed E-state index contributed by atoms with van der Waals surface area (Å²) < 4.78 is 18.3. The fourth-order valence-electron chi connectivity index (χ4n) is 8.37. The Balaban J connectivity index is 1.39. The van der Waals surface area contributed by atoms with E-state index >= 15 is 0 Å². The van der Waals surface area contributed by atoms with Crippen LogP contribution >= 0.6 is 0 Å². The molecule has 2 aliphatic carbocycles. The molecule has 3 fully saturated rings. The highest BCUT2D eigenvalue weighted by molar-refractivity contribution is 5.91. The first-order valence-electron chi connectivity index (χ1n) is 16.8. The number of hydrogen-bond acceptors (Lipinski definition) is 8. The Morgan fingerprint density at radius 1 is 1.02 bits per heavy atom. The van der Waals surface area contributed by atoms with E-state index in [1.165, 1.54) is 13.3 Å². The van der Waals surface area contributed by atoms with Crippen molar-refractivity contribution < 1.29 is 28.6 Å². The number of esters is 1. The number of methoxy groups -OCH3 is 1. The number of nitrogens with zero attached hydrogens (tertiary/aromatic N) is 3. The van der Waals surface area contributed by atoms with Crippen molar-refractivity contribution >= 4 is 28.7 Å². The molecule has 45 heavy (non-hydrogen) atoms. The van der Waals surface area contributed by atoms with Gasteiger partial charge in [-0.05, 0) is 74.3 Å².